The number of nitrogens with zero attached hydrogens (tertiary/aromatic N) is 4. The van der Waals surface area contributed by atoms with Crippen molar-refractivity contribution in [1.29, 1.82) is 0 Å². The minimum Gasteiger partial charge on any atom is -0.497 e. The summed E-state index contributed by atoms with van der Waals surface area (Å²) in [6.45, 7) is 6.18. The third-order valence-corrected chi connectivity index (χ3v) is 5.04. The lowest BCUT2D eigenvalue weighted by atomic mass is 10.2. The van der Waals surface area contributed by atoms with Crippen LogP contribution < -0.4 is 10.1 Å². The summed E-state index contributed by atoms with van der Waals surface area (Å²) < 4.78 is 7.12. The van der Waals surface area contributed by atoms with Gasteiger partial charge in [0.1, 0.15) is 5.75 Å². The molecule has 3 aromatic rings. The normalized spacial score (nSPS) is 11.6. The number of aromatic nitrogens is 4. The van der Waals surface area contributed by atoms with Gasteiger partial charge in [-0.05, 0) is 31.2 Å². The number of rotatable bonds is 8. The van der Waals surface area contributed by atoms with Crippen LogP contribution >= 0.6 is 11.8 Å². The number of benzene rings is 1. The Balaban J connectivity index is 1.76. The van der Waals surface area contributed by atoms with Gasteiger partial charge in [0.2, 0.25) is 5.91 Å². The molecule has 0 unspecified atom stereocenters. The van der Waals surface area contributed by atoms with Gasteiger partial charge < -0.3 is 10.1 Å². The first-order chi connectivity index (χ1) is 13.6. The summed E-state index contributed by atoms with van der Waals surface area (Å²) >= 11 is 1.35. The SMILES string of the molecule is C=CCn1c(S[C@H](C)C(=O)Nc2cccc(OC)c2)nnc1-c1ccncc1. The van der Waals surface area contributed by atoms with Crippen molar-refractivity contribution in [3.8, 4) is 17.1 Å². The topological polar surface area (TPSA) is 81.9 Å². The molecule has 0 bridgehead atoms. The fourth-order valence-electron chi connectivity index (χ4n) is 2.54. The average molecular weight is 395 g/mol. The summed E-state index contributed by atoms with van der Waals surface area (Å²) in [5.41, 5.74) is 1.59. The van der Waals surface area contributed by atoms with E-state index in [4.69, 9.17) is 4.74 Å². The van der Waals surface area contributed by atoms with Crippen molar-refractivity contribution in [2.24, 2.45) is 0 Å². The average Bonchev–Trinajstić information content (AvgIpc) is 3.11. The maximum Gasteiger partial charge on any atom is 0.237 e. The molecule has 0 fully saturated rings. The first kappa shape index (κ1) is 19.6. The number of methoxy groups -OCH3 is 1. The van der Waals surface area contributed by atoms with Gasteiger partial charge in [-0.2, -0.15) is 0 Å². The zero-order valence-electron chi connectivity index (χ0n) is 15.7. The first-order valence-corrected chi connectivity index (χ1v) is 9.56. The Kier molecular flexibility index (Phi) is 6.44. The molecule has 144 valence electrons. The molecule has 0 saturated heterocycles. The quantitative estimate of drug-likeness (QED) is 0.463. The molecule has 0 aliphatic carbocycles. The molecule has 1 atom stereocenters. The van der Waals surface area contributed by atoms with Crippen molar-refractivity contribution in [2.45, 2.75) is 23.9 Å². The summed E-state index contributed by atoms with van der Waals surface area (Å²) in [6.07, 6.45) is 5.19. The zero-order chi connectivity index (χ0) is 19.9. The fraction of sp³-hybridized carbons (Fsp3) is 0.200. The van der Waals surface area contributed by atoms with Crippen molar-refractivity contribution in [1.82, 2.24) is 19.7 Å². The Morgan fingerprint density at radius 2 is 2.11 bits per heavy atom. The molecule has 28 heavy (non-hydrogen) atoms. The van der Waals surface area contributed by atoms with Crippen molar-refractivity contribution in [2.75, 3.05) is 12.4 Å². The fourth-order valence-corrected chi connectivity index (χ4v) is 3.40. The number of carbonyl (C=O) groups excluding carboxylic acids is 1. The lowest BCUT2D eigenvalue weighted by Crippen LogP contribution is -2.23. The maximum absolute atomic E-state index is 12.6. The molecule has 2 heterocycles. The van der Waals surface area contributed by atoms with Crippen LogP contribution in [0.4, 0.5) is 5.69 Å². The first-order valence-electron chi connectivity index (χ1n) is 8.68. The summed E-state index contributed by atoms with van der Waals surface area (Å²) in [6, 6.07) is 11.0. The van der Waals surface area contributed by atoms with Gasteiger partial charge in [-0.25, -0.2) is 0 Å². The highest BCUT2D eigenvalue weighted by molar-refractivity contribution is 8.00. The van der Waals surface area contributed by atoms with Crippen LogP contribution in [0, 0.1) is 0 Å². The Hall–Kier alpha value is -3.13. The van der Waals surface area contributed by atoms with E-state index in [9.17, 15) is 4.79 Å². The number of nitrogens with one attached hydrogen (secondary N) is 1. The molecule has 3 rings (SSSR count). The van der Waals surface area contributed by atoms with E-state index in [1.165, 1.54) is 11.8 Å². The minimum atomic E-state index is -0.371. The Morgan fingerprint density at radius 3 is 2.82 bits per heavy atom. The lowest BCUT2D eigenvalue weighted by Gasteiger charge is -2.13. The number of hydrogen-bond donors (Lipinski definition) is 1. The molecule has 1 amide bonds. The van der Waals surface area contributed by atoms with Crippen molar-refractivity contribution >= 4 is 23.4 Å². The zero-order valence-corrected chi connectivity index (χ0v) is 16.5. The van der Waals surface area contributed by atoms with E-state index in [0.29, 0.717) is 29.0 Å². The molecule has 0 saturated carbocycles. The number of thioether (sulfide) groups is 1. The Bertz CT molecular complexity index is 958. The number of hydrogen-bond acceptors (Lipinski definition) is 6. The van der Waals surface area contributed by atoms with Crippen LogP contribution in [0.1, 0.15) is 6.92 Å². The number of carbonyl (C=O) groups is 1. The third kappa shape index (κ3) is 4.58. The van der Waals surface area contributed by atoms with Gasteiger partial charge in [0.05, 0.1) is 12.4 Å². The van der Waals surface area contributed by atoms with Crippen LogP contribution in [-0.4, -0.2) is 38.0 Å². The molecular weight excluding hydrogens is 374 g/mol. The van der Waals surface area contributed by atoms with E-state index in [1.54, 1.807) is 31.6 Å². The summed E-state index contributed by atoms with van der Waals surface area (Å²) in [5.74, 6) is 1.27. The van der Waals surface area contributed by atoms with E-state index in [2.05, 4.69) is 27.1 Å². The number of ether oxygens (including phenoxy) is 1. The second-order valence-electron chi connectivity index (χ2n) is 5.92. The van der Waals surface area contributed by atoms with Crippen LogP contribution in [0.2, 0.25) is 0 Å². The summed E-state index contributed by atoms with van der Waals surface area (Å²) in [7, 11) is 1.59. The lowest BCUT2D eigenvalue weighted by molar-refractivity contribution is -0.115. The molecule has 1 aromatic carbocycles. The predicted octanol–water partition coefficient (Wildman–Crippen LogP) is 3.65. The van der Waals surface area contributed by atoms with Gasteiger partial charge in [0.25, 0.3) is 0 Å². The monoisotopic (exact) mass is 395 g/mol. The Labute approximate surface area is 167 Å². The number of amides is 1. The Morgan fingerprint density at radius 1 is 1.32 bits per heavy atom. The second kappa shape index (κ2) is 9.18. The molecule has 8 heteroatoms. The minimum absolute atomic E-state index is 0.128. The molecule has 0 spiro atoms. The largest absolute Gasteiger partial charge is 0.497 e. The third-order valence-electron chi connectivity index (χ3n) is 3.96. The standard InChI is InChI=1S/C20H21N5O2S/c1-4-12-25-18(15-8-10-21-11-9-15)23-24-20(25)28-14(2)19(26)22-16-6-5-7-17(13-16)27-3/h4-11,13-14H,1,12H2,2-3H3,(H,22,26)/t14-/m1/s1. The van der Waals surface area contributed by atoms with E-state index >= 15 is 0 Å². The number of anilines is 1. The van der Waals surface area contributed by atoms with E-state index in [0.717, 1.165) is 5.56 Å². The molecule has 7 nitrogen and oxygen atoms in total. The van der Waals surface area contributed by atoms with Gasteiger partial charge in [-0.3, -0.25) is 14.3 Å². The van der Waals surface area contributed by atoms with E-state index in [-0.39, 0.29) is 11.2 Å². The molecule has 0 aliphatic rings. The highest BCUT2D eigenvalue weighted by Crippen LogP contribution is 2.27. The smallest absolute Gasteiger partial charge is 0.237 e. The molecular formula is C20H21N5O2S. The highest BCUT2D eigenvalue weighted by Gasteiger charge is 2.20. The second-order valence-corrected chi connectivity index (χ2v) is 7.23. The van der Waals surface area contributed by atoms with Gasteiger partial charge in [-0.1, -0.05) is 23.9 Å². The number of pyridine rings is 1. The van der Waals surface area contributed by atoms with Crippen LogP contribution in [-0.2, 0) is 11.3 Å². The van der Waals surface area contributed by atoms with Crippen molar-refractivity contribution < 1.29 is 9.53 Å². The molecule has 0 aliphatic heterocycles. The van der Waals surface area contributed by atoms with Gasteiger partial charge in [-0.15, -0.1) is 16.8 Å². The van der Waals surface area contributed by atoms with Gasteiger partial charge in [0, 0.05) is 36.3 Å². The summed E-state index contributed by atoms with van der Waals surface area (Å²) in [4.78, 5) is 16.6. The van der Waals surface area contributed by atoms with Crippen LogP contribution in [0.3, 0.4) is 0 Å². The molecule has 1 N–H and O–H groups in total. The number of allylic oxidation sites excluding steroid dienone is 1. The molecule has 0 radical (unpaired) electrons. The van der Waals surface area contributed by atoms with Gasteiger partial charge >= 0.3 is 0 Å². The van der Waals surface area contributed by atoms with Gasteiger partial charge in [0.15, 0.2) is 11.0 Å². The van der Waals surface area contributed by atoms with E-state index in [1.807, 2.05) is 41.8 Å². The highest BCUT2D eigenvalue weighted by atomic mass is 32.2. The van der Waals surface area contributed by atoms with Crippen LogP contribution in [0.25, 0.3) is 11.4 Å². The molecule has 2 aromatic heterocycles. The van der Waals surface area contributed by atoms with Crippen molar-refractivity contribution in [3.05, 3.63) is 61.4 Å². The van der Waals surface area contributed by atoms with Crippen LogP contribution in [0.5, 0.6) is 5.75 Å². The van der Waals surface area contributed by atoms with E-state index < -0.39 is 0 Å². The predicted molar refractivity (Wildman–Crippen MR) is 110 cm³/mol. The van der Waals surface area contributed by atoms with Crippen LogP contribution in [0.15, 0.2) is 66.6 Å². The summed E-state index contributed by atoms with van der Waals surface area (Å²) in [5, 5.41) is 11.8. The van der Waals surface area contributed by atoms with Crippen molar-refractivity contribution in [3.63, 3.8) is 0 Å². The maximum atomic E-state index is 12.6.